The molecule has 0 aromatic heterocycles. The molecule has 1 aliphatic rings. The van der Waals surface area contributed by atoms with E-state index in [9.17, 15) is 9.59 Å². The SMILES string of the molecule is COc1ccc(NC(=O)C(C)(C)C(=O)NCCN2CCOCC2)cc1Cl. The third-order valence-corrected chi connectivity index (χ3v) is 4.66. The summed E-state index contributed by atoms with van der Waals surface area (Å²) >= 11 is 6.06. The van der Waals surface area contributed by atoms with E-state index < -0.39 is 11.3 Å². The number of hydrogen-bond donors (Lipinski definition) is 2. The van der Waals surface area contributed by atoms with E-state index >= 15 is 0 Å². The number of rotatable bonds is 7. The van der Waals surface area contributed by atoms with E-state index in [0.717, 1.165) is 19.6 Å². The lowest BCUT2D eigenvalue weighted by molar-refractivity contribution is -0.138. The van der Waals surface area contributed by atoms with Gasteiger partial charge in [0.2, 0.25) is 11.8 Å². The highest BCUT2D eigenvalue weighted by Gasteiger charge is 2.36. The average molecular weight is 384 g/mol. The highest BCUT2D eigenvalue weighted by Crippen LogP contribution is 2.28. The summed E-state index contributed by atoms with van der Waals surface area (Å²) in [5.41, 5.74) is -0.702. The number of halogens is 1. The molecule has 0 aliphatic carbocycles. The van der Waals surface area contributed by atoms with Crippen molar-refractivity contribution in [1.82, 2.24) is 10.2 Å². The molecule has 0 spiro atoms. The summed E-state index contributed by atoms with van der Waals surface area (Å²) in [5.74, 6) is -0.199. The third kappa shape index (κ3) is 5.33. The Morgan fingerprint density at radius 3 is 2.58 bits per heavy atom. The minimum Gasteiger partial charge on any atom is -0.495 e. The van der Waals surface area contributed by atoms with Gasteiger partial charge in [0, 0.05) is 31.9 Å². The van der Waals surface area contributed by atoms with E-state index in [1.807, 2.05) is 0 Å². The number of carbonyl (C=O) groups excluding carboxylic acids is 2. The summed E-state index contributed by atoms with van der Waals surface area (Å²) < 4.78 is 10.4. The zero-order valence-electron chi connectivity index (χ0n) is 15.4. The molecule has 2 rings (SSSR count). The van der Waals surface area contributed by atoms with Gasteiger partial charge in [0.25, 0.3) is 0 Å². The Morgan fingerprint density at radius 1 is 1.27 bits per heavy atom. The molecule has 2 N–H and O–H groups in total. The zero-order chi connectivity index (χ0) is 19.2. The molecule has 0 unspecified atom stereocenters. The van der Waals surface area contributed by atoms with Gasteiger partial charge in [-0.15, -0.1) is 0 Å². The number of methoxy groups -OCH3 is 1. The normalized spacial score (nSPS) is 15.4. The Kier molecular flexibility index (Phi) is 7.25. The van der Waals surface area contributed by atoms with Crippen molar-refractivity contribution < 1.29 is 19.1 Å². The molecule has 8 heteroatoms. The number of carbonyl (C=O) groups is 2. The molecule has 0 saturated carbocycles. The Morgan fingerprint density at radius 2 is 1.96 bits per heavy atom. The van der Waals surface area contributed by atoms with Crippen LogP contribution in [0, 0.1) is 5.41 Å². The van der Waals surface area contributed by atoms with Crippen molar-refractivity contribution in [3.05, 3.63) is 23.2 Å². The Balaban J connectivity index is 1.87. The van der Waals surface area contributed by atoms with Crippen LogP contribution in [0.25, 0.3) is 0 Å². The lowest BCUT2D eigenvalue weighted by Crippen LogP contribution is -2.48. The molecule has 1 aliphatic heterocycles. The summed E-state index contributed by atoms with van der Waals surface area (Å²) in [6.07, 6.45) is 0. The van der Waals surface area contributed by atoms with Crippen LogP contribution >= 0.6 is 11.6 Å². The molecule has 1 fully saturated rings. The first-order valence-corrected chi connectivity index (χ1v) is 8.96. The second-order valence-electron chi connectivity index (χ2n) is 6.64. The molecule has 7 nitrogen and oxygen atoms in total. The summed E-state index contributed by atoms with van der Waals surface area (Å²) in [7, 11) is 1.52. The van der Waals surface area contributed by atoms with E-state index in [-0.39, 0.29) is 5.91 Å². The van der Waals surface area contributed by atoms with Crippen LogP contribution in [-0.2, 0) is 14.3 Å². The average Bonchev–Trinajstić information content (AvgIpc) is 2.62. The maximum atomic E-state index is 12.5. The Hall–Kier alpha value is -1.83. The smallest absolute Gasteiger partial charge is 0.239 e. The van der Waals surface area contributed by atoms with E-state index in [2.05, 4.69) is 15.5 Å². The van der Waals surface area contributed by atoms with Crippen molar-refractivity contribution in [3.63, 3.8) is 0 Å². The number of nitrogens with zero attached hydrogens (tertiary/aromatic N) is 1. The number of nitrogens with one attached hydrogen (secondary N) is 2. The Labute approximate surface area is 159 Å². The van der Waals surface area contributed by atoms with Gasteiger partial charge in [-0.1, -0.05) is 11.6 Å². The minimum absolute atomic E-state index is 0.317. The second kappa shape index (κ2) is 9.21. The van der Waals surface area contributed by atoms with E-state index in [1.54, 1.807) is 32.0 Å². The summed E-state index contributed by atoms with van der Waals surface area (Å²) in [4.78, 5) is 27.2. The van der Waals surface area contributed by atoms with Crippen molar-refractivity contribution in [3.8, 4) is 5.75 Å². The van der Waals surface area contributed by atoms with Gasteiger partial charge in [0.1, 0.15) is 11.2 Å². The quantitative estimate of drug-likeness (QED) is 0.701. The topological polar surface area (TPSA) is 79.9 Å². The van der Waals surface area contributed by atoms with Gasteiger partial charge in [-0.25, -0.2) is 0 Å². The van der Waals surface area contributed by atoms with Crippen LogP contribution in [0.4, 0.5) is 5.69 Å². The van der Waals surface area contributed by atoms with Crippen LogP contribution in [-0.4, -0.2) is 63.2 Å². The van der Waals surface area contributed by atoms with Crippen LogP contribution < -0.4 is 15.4 Å². The molecule has 1 heterocycles. The molecule has 0 bridgehead atoms. The standard InChI is InChI=1S/C18H26ClN3O4/c1-18(2,16(23)20-6-7-22-8-10-26-11-9-22)17(24)21-13-4-5-15(25-3)14(19)12-13/h4-5,12H,6-11H2,1-3H3,(H,20,23)(H,21,24). The lowest BCUT2D eigenvalue weighted by Gasteiger charge is -2.27. The first-order chi connectivity index (χ1) is 12.3. The molecule has 144 valence electrons. The fraction of sp³-hybridized carbons (Fsp3) is 0.556. The summed E-state index contributed by atoms with van der Waals surface area (Å²) in [6, 6.07) is 4.92. The summed E-state index contributed by atoms with van der Waals surface area (Å²) in [5, 5.41) is 5.95. The molecule has 1 aromatic rings. The Bertz CT molecular complexity index is 645. The molecule has 1 aromatic carbocycles. The molecular formula is C18H26ClN3O4. The number of anilines is 1. The van der Waals surface area contributed by atoms with Crippen molar-refractivity contribution in [2.24, 2.45) is 5.41 Å². The number of morpholine rings is 1. The highest BCUT2D eigenvalue weighted by molar-refractivity contribution is 6.32. The largest absolute Gasteiger partial charge is 0.495 e. The minimum atomic E-state index is -1.21. The number of benzene rings is 1. The van der Waals surface area contributed by atoms with E-state index in [4.69, 9.17) is 21.1 Å². The molecule has 26 heavy (non-hydrogen) atoms. The molecular weight excluding hydrogens is 358 g/mol. The van der Waals surface area contributed by atoms with Crippen molar-refractivity contribution >= 4 is 29.1 Å². The van der Waals surface area contributed by atoms with Gasteiger partial charge < -0.3 is 20.1 Å². The monoisotopic (exact) mass is 383 g/mol. The lowest BCUT2D eigenvalue weighted by atomic mass is 9.91. The van der Waals surface area contributed by atoms with Crippen molar-refractivity contribution in [2.45, 2.75) is 13.8 Å². The van der Waals surface area contributed by atoms with Gasteiger partial charge in [-0.05, 0) is 32.0 Å². The zero-order valence-corrected chi connectivity index (χ0v) is 16.2. The second-order valence-corrected chi connectivity index (χ2v) is 7.05. The van der Waals surface area contributed by atoms with Crippen LogP contribution in [0.15, 0.2) is 18.2 Å². The van der Waals surface area contributed by atoms with Crippen molar-refractivity contribution in [2.75, 3.05) is 51.8 Å². The number of ether oxygens (including phenoxy) is 2. The van der Waals surface area contributed by atoms with Crippen LogP contribution in [0.3, 0.4) is 0 Å². The number of hydrogen-bond acceptors (Lipinski definition) is 5. The van der Waals surface area contributed by atoms with Gasteiger partial charge in [0.15, 0.2) is 0 Å². The highest BCUT2D eigenvalue weighted by atomic mass is 35.5. The van der Waals surface area contributed by atoms with Crippen LogP contribution in [0.1, 0.15) is 13.8 Å². The van der Waals surface area contributed by atoms with Gasteiger partial charge >= 0.3 is 0 Å². The third-order valence-electron chi connectivity index (χ3n) is 4.36. The number of amides is 2. The molecule has 1 saturated heterocycles. The van der Waals surface area contributed by atoms with Gasteiger partial charge in [0.05, 0.1) is 25.3 Å². The fourth-order valence-corrected chi connectivity index (χ4v) is 2.77. The van der Waals surface area contributed by atoms with E-state index in [0.29, 0.717) is 36.2 Å². The molecule has 2 amide bonds. The van der Waals surface area contributed by atoms with E-state index in [1.165, 1.54) is 7.11 Å². The fourth-order valence-electron chi connectivity index (χ4n) is 2.51. The van der Waals surface area contributed by atoms with Gasteiger partial charge in [-0.2, -0.15) is 0 Å². The summed E-state index contributed by atoms with van der Waals surface area (Å²) in [6.45, 7) is 7.56. The molecule has 0 radical (unpaired) electrons. The maximum absolute atomic E-state index is 12.5. The predicted molar refractivity (Wildman–Crippen MR) is 101 cm³/mol. The maximum Gasteiger partial charge on any atom is 0.239 e. The first kappa shape index (κ1) is 20.5. The first-order valence-electron chi connectivity index (χ1n) is 8.58. The predicted octanol–water partition coefficient (Wildman–Crippen LogP) is 1.76. The van der Waals surface area contributed by atoms with Gasteiger partial charge in [-0.3, -0.25) is 14.5 Å². The van der Waals surface area contributed by atoms with Crippen molar-refractivity contribution in [1.29, 1.82) is 0 Å². The van der Waals surface area contributed by atoms with Crippen LogP contribution in [0.5, 0.6) is 5.75 Å². The van der Waals surface area contributed by atoms with Crippen LogP contribution in [0.2, 0.25) is 5.02 Å². The molecule has 0 atom stereocenters.